The molecule has 0 radical (unpaired) electrons. The molecule has 138 valence electrons. The average Bonchev–Trinajstić information content (AvgIpc) is 3.20. The number of urea groups is 1. The first kappa shape index (κ1) is 17.4. The van der Waals surface area contributed by atoms with Crippen molar-refractivity contribution < 1.29 is 9.32 Å². The van der Waals surface area contributed by atoms with Gasteiger partial charge in [0.2, 0.25) is 11.7 Å². The lowest BCUT2D eigenvalue weighted by molar-refractivity contribution is 0.184. The number of benzene rings is 1. The van der Waals surface area contributed by atoms with E-state index in [0.717, 1.165) is 18.4 Å². The van der Waals surface area contributed by atoms with Gasteiger partial charge in [-0.05, 0) is 49.2 Å². The number of anilines is 1. The number of hydrogen-bond donors (Lipinski definition) is 1. The summed E-state index contributed by atoms with van der Waals surface area (Å²) in [4.78, 5) is 18.7. The highest BCUT2D eigenvalue weighted by Crippen LogP contribution is 2.28. The fourth-order valence-corrected chi connectivity index (χ4v) is 3.16. The van der Waals surface area contributed by atoms with E-state index in [0.29, 0.717) is 35.6 Å². The summed E-state index contributed by atoms with van der Waals surface area (Å²) in [5.41, 5.74) is 0.836. The number of nitrogens with zero attached hydrogens (tertiary/aromatic N) is 5. The Bertz CT molecular complexity index is 915. The molecule has 0 bridgehead atoms. The van der Waals surface area contributed by atoms with Crippen molar-refractivity contribution in [3.8, 4) is 11.4 Å². The number of carbonyl (C=O) groups is 1. The minimum atomic E-state index is -0.211. The van der Waals surface area contributed by atoms with E-state index in [1.165, 1.54) is 0 Å². The van der Waals surface area contributed by atoms with Crippen LogP contribution in [-0.2, 0) is 0 Å². The Morgan fingerprint density at radius 3 is 2.89 bits per heavy atom. The molecule has 1 fully saturated rings. The first-order chi connectivity index (χ1) is 13.2. The van der Waals surface area contributed by atoms with Crippen molar-refractivity contribution in [3.05, 3.63) is 53.5 Å². The Hall–Kier alpha value is -3.00. The molecule has 3 heterocycles. The smallest absolute Gasteiger partial charge is 0.323 e. The number of piperidine rings is 1. The van der Waals surface area contributed by atoms with Crippen LogP contribution in [0.4, 0.5) is 10.6 Å². The third kappa shape index (κ3) is 4.06. The van der Waals surface area contributed by atoms with Crippen LogP contribution in [0.3, 0.4) is 0 Å². The van der Waals surface area contributed by atoms with Gasteiger partial charge in [-0.2, -0.15) is 10.1 Å². The van der Waals surface area contributed by atoms with Crippen LogP contribution in [0.25, 0.3) is 11.4 Å². The third-order valence-electron chi connectivity index (χ3n) is 4.41. The molecule has 2 aromatic heterocycles. The molecule has 2 amide bonds. The van der Waals surface area contributed by atoms with Crippen molar-refractivity contribution >= 4 is 23.4 Å². The number of likely N-dealkylation sites (tertiary alicyclic amines) is 1. The van der Waals surface area contributed by atoms with Crippen LogP contribution in [0.15, 0.2) is 47.1 Å². The normalized spacial score (nSPS) is 16.9. The number of rotatable bonds is 3. The summed E-state index contributed by atoms with van der Waals surface area (Å²) in [6.45, 7) is 1.18. The maximum Gasteiger partial charge on any atom is 0.323 e. The molecule has 1 unspecified atom stereocenters. The second-order valence-electron chi connectivity index (χ2n) is 6.29. The molecule has 0 saturated carbocycles. The fourth-order valence-electron chi connectivity index (χ4n) is 3.04. The molecule has 1 aliphatic heterocycles. The highest BCUT2D eigenvalue weighted by atomic mass is 35.5. The lowest BCUT2D eigenvalue weighted by Crippen LogP contribution is -2.41. The van der Waals surface area contributed by atoms with Gasteiger partial charge in [0.05, 0.1) is 5.92 Å². The first-order valence-electron chi connectivity index (χ1n) is 8.62. The van der Waals surface area contributed by atoms with E-state index in [4.69, 9.17) is 16.1 Å². The minimum Gasteiger partial charge on any atom is -0.339 e. The number of carbonyl (C=O) groups excluding carboxylic acids is 1. The van der Waals surface area contributed by atoms with Gasteiger partial charge in [-0.25, -0.2) is 4.79 Å². The average molecular weight is 385 g/mol. The van der Waals surface area contributed by atoms with Crippen molar-refractivity contribution in [2.24, 2.45) is 0 Å². The van der Waals surface area contributed by atoms with Gasteiger partial charge in [0, 0.05) is 29.9 Å². The number of nitrogens with one attached hydrogen (secondary N) is 1. The monoisotopic (exact) mass is 384 g/mol. The second-order valence-corrected chi connectivity index (χ2v) is 6.72. The highest BCUT2D eigenvalue weighted by molar-refractivity contribution is 6.30. The fraction of sp³-hybridized carbons (Fsp3) is 0.278. The molecule has 3 aromatic rings. The summed E-state index contributed by atoms with van der Waals surface area (Å²) in [6, 6.07) is 10.5. The van der Waals surface area contributed by atoms with Gasteiger partial charge in [-0.1, -0.05) is 16.8 Å². The van der Waals surface area contributed by atoms with Gasteiger partial charge in [-0.3, -0.25) is 5.32 Å². The topological polar surface area (TPSA) is 97.0 Å². The molecule has 1 aromatic carbocycles. The molecule has 1 N–H and O–H groups in total. The Labute approximate surface area is 160 Å². The Balaban J connectivity index is 1.44. The lowest BCUT2D eigenvalue weighted by Gasteiger charge is -2.30. The van der Waals surface area contributed by atoms with E-state index in [2.05, 4.69) is 25.7 Å². The van der Waals surface area contributed by atoms with Crippen LogP contribution in [0.1, 0.15) is 24.7 Å². The molecule has 27 heavy (non-hydrogen) atoms. The van der Waals surface area contributed by atoms with E-state index >= 15 is 0 Å². The van der Waals surface area contributed by atoms with Gasteiger partial charge < -0.3 is 9.42 Å². The van der Waals surface area contributed by atoms with E-state index in [9.17, 15) is 4.79 Å². The van der Waals surface area contributed by atoms with Crippen molar-refractivity contribution in [2.75, 3.05) is 18.4 Å². The summed E-state index contributed by atoms with van der Waals surface area (Å²) in [6.07, 6.45) is 3.30. The predicted molar refractivity (Wildman–Crippen MR) is 99.3 cm³/mol. The molecule has 9 heteroatoms. The molecule has 4 rings (SSSR count). The molecular formula is C18H17ClN6O2. The van der Waals surface area contributed by atoms with E-state index < -0.39 is 0 Å². The summed E-state index contributed by atoms with van der Waals surface area (Å²) >= 11 is 5.91. The number of halogens is 1. The SMILES string of the molecule is O=C(Nc1cccnn1)N1CCCC(c2nc(-c3ccc(Cl)cc3)no2)C1. The Morgan fingerprint density at radius 2 is 2.11 bits per heavy atom. The number of aromatic nitrogens is 4. The molecule has 1 aliphatic rings. The van der Waals surface area contributed by atoms with Gasteiger partial charge in [0.15, 0.2) is 5.82 Å². The van der Waals surface area contributed by atoms with E-state index in [1.54, 1.807) is 35.4 Å². The Kier molecular flexibility index (Phi) is 4.97. The zero-order chi connectivity index (χ0) is 18.6. The molecule has 0 spiro atoms. The van der Waals surface area contributed by atoms with Gasteiger partial charge in [0.25, 0.3) is 0 Å². The molecule has 8 nitrogen and oxygen atoms in total. The quantitative estimate of drug-likeness (QED) is 0.741. The summed E-state index contributed by atoms with van der Waals surface area (Å²) < 4.78 is 5.46. The van der Waals surface area contributed by atoms with Gasteiger partial charge >= 0.3 is 6.03 Å². The first-order valence-corrected chi connectivity index (χ1v) is 9.00. The van der Waals surface area contributed by atoms with Crippen molar-refractivity contribution in [1.29, 1.82) is 0 Å². The summed E-state index contributed by atoms with van der Waals surface area (Å²) in [5, 5.41) is 15.1. The zero-order valence-corrected chi connectivity index (χ0v) is 15.1. The predicted octanol–water partition coefficient (Wildman–Crippen LogP) is 3.59. The van der Waals surface area contributed by atoms with Crippen LogP contribution in [0, 0.1) is 0 Å². The zero-order valence-electron chi connectivity index (χ0n) is 14.4. The minimum absolute atomic E-state index is 0.0000854. The van der Waals surface area contributed by atoms with Crippen LogP contribution in [-0.4, -0.2) is 44.4 Å². The summed E-state index contributed by atoms with van der Waals surface area (Å²) in [5.74, 6) is 1.48. The van der Waals surface area contributed by atoms with Crippen molar-refractivity contribution in [2.45, 2.75) is 18.8 Å². The van der Waals surface area contributed by atoms with Crippen LogP contribution >= 0.6 is 11.6 Å². The molecule has 1 atom stereocenters. The van der Waals surface area contributed by atoms with Gasteiger partial charge in [0.1, 0.15) is 0 Å². The maximum absolute atomic E-state index is 12.5. The highest BCUT2D eigenvalue weighted by Gasteiger charge is 2.29. The van der Waals surface area contributed by atoms with E-state index in [1.807, 2.05) is 12.1 Å². The maximum atomic E-state index is 12.5. The van der Waals surface area contributed by atoms with Crippen LogP contribution < -0.4 is 5.32 Å². The van der Waals surface area contributed by atoms with Crippen molar-refractivity contribution in [1.82, 2.24) is 25.2 Å². The van der Waals surface area contributed by atoms with Gasteiger partial charge in [-0.15, -0.1) is 5.10 Å². The Morgan fingerprint density at radius 1 is 1.26 bits per heavy atom. The second kappa shape index (κ2) is 7.71. The molecule has 0 aliphatic carbocycles. The lowest BCUT2D eigenvalue weighted by atomic mass is 9.98. The molecule has 1 saturated heterocycles. The largest absolute Gasteiger partial charge is 0.339 e. The van der Waals surface area contributed by atoms with Crippen molar-refractivity contribution in [3.63, 3.8) is 0 Å². The van der Waals surface area contributed by atoms with Crippen LogP contribution in [0.5, 0.6) is 0 Å². The molecular weight excluding hydrogens is 368 g/mol. The third-order valence-corrected chi connectivity index (χ3v) is 4.66. The standard InChI is InChI=1S/C18H17ClN6O2/c19-14-7-5-12(6-8-14)16-22-17(27-24-16)13-3-2-10-25(11-13)18(26)21-15-4-1-9-20-23-15/h1,4-9,13H,2-3,10-11H2,(H,21,23,26). The number of amides is 2. The number of hydrogen-bond acceptors (Lipinski definition) is 6. The van der Waals surface area contributed by atoms with E-state index in [-0.39, 0.29) is 11.9 Å². The summed E-state index contributed by atoms with van der Waals surface area (Å²) in [7, 11) is 0. The van der Waals surface area contributed by atoms with Crippen LogP contribution in [0.2, 0.25) is 5.02 Å².